The third-order valence-electron chi connectivity index (χ3n) is 9.09. The lowest BCUT2D eigenvalue weighted by molar-refractivity contribution is -0.725. The van der Waals surface area contributed by atoms with Gasteiger partial charge in [0.15, 0.2) is 5.52 Å². The fraction of sp³-hybridized carbons (Fsp3) is 0.657. The van der Waals surface area contributed by atoms with E-state index in [4.69, 9.17) is 9.47 Å². The van der Waals surface area contributed by atoms with Crippen LogP contribution in [-0.2, 0) is 36.0 Å². The molecule has 2 aliphatic rings. The van der Waals surface area contributed by atoms with Crippen LogP contribution in [0.15, 0.2) is 29.1 Å². The molecule has 2 heterocycles. The Morgan fingerprint density at radius 2 is 1.64 bits per heavy atom. The summed E-state index contributed by atoms with van der Waals surface area (Å²) in [6, 6.07) is 9.11. The third-order valence-corrected chi connectivity index (χ3v) is 9.09. The van der Waals surface area contributed by atoms with Crippen molar-refractivity contribution in [3.05, 3.63) is 51.7 Å². The van der Waals surface area contributed by atoms with Crippen LogP contribution in [0.2, 0.25) is 0 Å². The van der Waals surface area contributed by atoms with Crippen molar-refractivity contribution in [2.45, 2.75) is 129 Å². The molecule has 0 saturated heterocycles. The molecule has 2 N–H and O–H groups in total. The van der Waals surface area contributed by atoms with Crippen LogP contribution in [-0.4, -0.2) is 56.7 Å². The zero-order valence-corrected chi connectivity index (χ0v) is 27.8. The molecule has 2 saturated carbocycles. The van der Waals surface area contributed by atoms with Crippen molar-refractivity contribution >= 4 is 17.0 Å². The Kier molecular flexibility index (Phi) is 13.4. The molecule has 0 unspecified atom stereocenters. The highest BCUT2D eigenvalue weighted by molar-refractivity contribution is 5.76. The lowest BCUT2D eigenvalue weighted by Crippen LogP contribution is -2.95. The van der Waals surface area contributed by atoms with Crippen LogP contribution in [0.3, 0.4) is 0 Å². The highest BCUT2D eigenvalue weighted by Crippen LogP contribution is 2.19. The molecule has 1 atom stereocenters. The van der Waals surface area contributed by atoms with Gasteiger partial charge in [-0.15, -0.1) is 0 Å². The summed E-state index contributed by atoms with van der Waals surface area (Å²) in [5.74, 6) is 0.0190. The average molecular weight is 624 g/mol. The second-order valence-corrected chi connectivity index (χ2v) is 12.6. The number of carboxylic acids is 1. The summed E-state index contributed by atoms with van der Waals surface area (Å²) < 4.78 is 14.2. The number of aromatic nitrogens is 4. The van der Waals surface area contributed by atoms with Gasteiger partial charge in [0.2, 0.25) is 0 Å². The van der Waals surface area contributed by atoms with Gasteiger partial charge in [0.25, 0.3) is 5.56 Å². The van der Waals surface area contributed by atoms with E-state index in [1.807, 2.05) is 6.92 Å². The highest BCUT2D eigenvalue weighted by atomic mass is 16.5. The van der Waals surface area contributed by atoms with Crippen LogP contribution < -0.4 is 20.7 Å². The first-order valence-electron chi connectivity index (χ1n) is 17.1. The number of ether oxygens (including phenoxy) is 2. The van der Waals surface area contributed by atoms with Gasteiger partial charge < -0.3 is 24.7 Å². The Hall–Kier alpha value is -3.24. The van der Waals surface area contributed by atoms with Gasteiger partial charge in [0, 0.05) is 20.1 Å². The number of aryl methyl sites for hydroxylation is 3. The van der Waals surface area contributed by atoms with Crippen molar-refractivity contribution in [1.29, 1.82) is 0 Å². The summed E-state index contributed by atoms with van der Waals surface area (Å²) in [4.78, 5) is 28.8. The summed E-state index contributed by atoms with van der Waals surface area (Å²) in [6.07, 6.45) is 15.9. The number of rotatable bonds is 13. The van der Waals surface area contributed by atoms with Gasteiger partial charge in [-0.3, -0.25) is 14.0 Å². The highest BCUT2D eigenvalue weighted by Gasteiger charge is 2.23. The summed E-state index contributed by atoms with van der Waals surface area (Å²) in [5, 5.41) is 18.3. The summed E-state index contributed by atoms with van der Waals surface area (Å²) in [7, 11) is 1.76. The Morgan fingerprint density at radius 1 is 1.02 bits per heavy atom. The fourth-order valence-corrected chi connectivity index (χ4v) is 6.73. The monoisotopic (exact) mass is 623 g/mol. The predicted molar refractivity (Wildman–Crippen MR) is 173 cm³/mol. The van der Waals surface area contributed by atoms with Crippen molar-refractivity contribution in [3.8, 4) is 5.75 Å². The Labute approximate surface area is 267 Å². The second kappa shape index (κ2) is 17.5. The van der Waals surface area contributed by atoms with Gasteiger partial charge in [-0.2, -0.15) is 5.10 Å². The van der Waals surface area contributed by atoms with Crippen molar-refractivity contribution < 1.29 is 24.7 Å². The smallest absolute Gasteiger partial charge is 0.279 e. The van der Waals surface area contributed by atoms with Gasteiger partial charge in [-0.25, -0.2) is 4.98 Å². The standard InChI is InChI=1S/C23H30N4O5.C12H23N/c1-5-7-18-20-21(26(4)25-18)22(28)27(15(3)24-20)12-13-32-17-10-8-16(9-11-17)14-19(23(29)30)31-6-2;1-3-7-11(8-4-1)13-12-9-5-2-6-10-12/h8-11,19H,5-7,12-14H2,1-4H3,(H,29,30);11-13H,1-10H2/t19-;/m0./s1. The Morgan fingerprint density at radius 3 is 2.20 bits per heavy atom. The minimum atomic E-state index is -1.23. The van der Waals surface area contributed by atoms with Crippen LogP contribution in [0.4, 0.5) is 0 Å². The second-order valence-electron chi connectivity index (χ2n) is 12.6. The maximum Gasteiger partial charge on any atom is 0.279 e. The number of fused-ring (bicyclic) bond motifs is 1. The van der Waals surface area contributed by atoms with E-state index in [9.17, 15) is 14.7 Å². The lowest BCUT2D eigenvalue weighted by Gasteiger charge is -2.27. The average Bonchev–Trinajstić information content (AvgIpc) is 3.35. The van der Waals surface area contributed by atoms with E-state index in [2.05, 4.69) is 22.3 Å². The molecule has 0 bridgehead atoms. The molecule has 45 heavy (non-hydrogen) atoms. The molecule has 5 rings (SSSR count). The number of carbonyl (C=O) groups is 1. The number of hydrogen-bond acceptors (Lipinski definition) is 7. The number of carboxylic acid groups (broad SMARTS) is 1. The van der Waals surface area contributed by atoms with Gasteiger partial charge in [0.1, 0.15) is 29.8 Å². The molecular weight excluding hydrogens is 570 g/mol. The van der Waals surface area contributed by atoms with Crippen molar-refractivity contribution in [3.63, 3.8) is 0 Å². The number of quaternary nitrogens is 1. The SMILES string of the molecule is C1CCC([NH2+]C2CCCCC2)CC1.CCCc1nn(C)c2c(=O)n(CCOc3ccc(C[C@H](OCC)C(=O)[O-])cc3)c(C)nc12. The third kappa shape index (κ3) is 9.87. The first kappa shape index (κ1) is 34.6. The van der Waals surface area contributed by atoms with E-state index in [-0.39, 0.29) is 18.6 Å². The van der Waals surface area contributed by atoms with Gasteiger partial charge in [0.05, 0.1) is 30.3 Å². The van der Waals surface area contributed by atoms with Crippen molar-refractivity contribution in [1.82, 2.24) is 19.3 Å². The fourth-order valence-electron chi connectivity index (χ4n) is 6.73. The summed E-state index contributed by atoms with van der Waals surface area (Å²) in [6.45, 7) is 6.56. The number of carbonyl (C=O) groups excluding carboxylic acids is 1. The van der Waals surface area contributed by atoms with Crippen LogP contribution in [0, 0.1) is 6.92 Å². The number of aliphatic carboxylic acids is 1. The molecule has 1 aromatic carbocycles. The Bertz CT molecular complexity index is 1390. The molecule has 10 heteroatoms. The van der Waals surface area contributed by atoms with Crippen molar-refractivity contribution in [2.24, 2.45) is 7.05 Å². The van der Waals surface area contributed by atoms with Crippen LogP contribution >= 0.6 is 0 Å². The number of nitrogens with two attached hydrogens (primary N) is 1. The van der Waals surface area contributed by atoms with Crippen LogP contribution in [0.1, 0.15) is 102 Å². The van der Waals surface area contributed by atoms with Crippen molar-refractivity contribution in [2.75, 3.05) is 13.2 Å². The van der Waals surface area contributed by atoms with Crippen LogP contribution in [0.25, 0.3) is 11.0 Å². The van der Waals surface area contributed by atoms with E-state index >= 15 is 0 Å². The van der Waals surface area contributed by atoms with E-state index in [1.54, 1.807) is 47.5 Å². The van der Waals surface area contributed by atoms with Gasteiger partial charge >= 0.3 is 0 Å². The number of benzene rings is 1. The zero-order chi connectivity index (χ0) is 32.2. The lowest BCUT2D eigenvalue weighted by atomic mass is 9.91. The summed E-state index contributed by atoms with van der Waals surface area (Å²) in [5.41, 5.74) is 2.69. The quantitative estimate of drug-likeness (QED) is 0.309. The molecular formula is C35H53N5O5. The summed E-state index contributed by atoms with van der Waals surface area (Å²) >= 11 is 0. The van der Waals surface area contributed by atoms with E-state index in [0.717, 1.165) is 36.2 Å². The molecule has 0 radical (unpaired) electrons. The van der Waals surface area contributed by atoms with Crippen LogP contribution in [0.5, 0.6) is 5.75 Å². The zero-order valence-electron chi connectivity index (χ0n) is 27.8. The topological polar surface area (TPSA) is 128 Å². The largest absolute Gasteiger partial charge is 0.547 e. The molecule has 2 fully saturated rings. The maximum absolute atomic E-state index is 13.0. The molecule has 0 amide bonds. The molecule has 3 aromatic rings. The van der Waals surface area contributed by atoms with Gasteiger partial charge in [-0.1, -0.05) is 38.3 Å². The first-order valence-corrected chi connectivity index (χ1v) is 17.1. The first-order chi connectivity index (χ1) is 21.8. The normalized spacial score (nSPS) is 16.7. The molecule has 0 aliphatic heterocycles. The Balaban J connectivity index is 0.000000293. The van der Waals surface area contributed by atoms with E-state index < -0.39 is 12.1 Å². The molecule has 10 nitrogen and oxygen atoms in total. The van der Waals surface area contributed by atoms with E-state index in [0.29, 0.717) is 35.8 Å². The predicted octanol–water partition coefficient (Wildman–Crippen LogP) is 3.38. The maximum atomic E-state index is 13.0. The number of hydrogen-bond donors (Lipinski definition) is 1. The number of nitrogens with zero attached hydrogens (tertiary/aromatic N) is 4. The molecule has 248 valence electrons. The molecule has 0 spiro atoms. The minimum Gasteiger partial charge on any atom is -0.547 e. The van der Waals surface area contributed by atoms with Gasteiger partial charge in [-0.05, 0) is 89.3 Å². The van der Waals surface area contributed by atoms with E-state index in [1.165, 1.54) is 64.2 Å². The molecule has 2 aromatic heterocycles. The minimum absolute atomic E-state index is 0.131. The molecule has 2 aliphatic carbocycles.